The molecule has 1 aliphatic rings. The van der Waals surface area contributed by atoms with E-state index in [-0.39, 0.29) is 5.91 Å². The van der Waals surface area contributed by atoms with Crippen molar-refractivity contribution in [1.29, 1.82) is 0 Å². The van der Waals surface area contributed by atoms with E-state index in [0.29, 0.717) is 19.8 Å². The fraction of sp³-hybridized carbons (Fsp3) is 0.294. The molecule has 2 heterocycles. The number of benzene rings is 1. The lowest BCUT2D eigenvalue weighted by molar-refractivity contribution is -0.125. The molecule has 1 aromatic carbocycles. The largest absolute Gasteiger partial charge is 0.486 e. The molecule has 3 rings (SSSR count). The van der Waals surface area contributed by atoms with Crippen molar-refractivity contribution in [2.24, 2.45) is 0 Å². The lowest BCUT2D eigenvalue weighted by atomic mass is 10.2. The maximum absolute atomic E-state index is 12.2. The molecular weight excluding hydrogens is 312 g/mol. The second-order valence-corrected chi connectivity index (χ2v) is 6.36. The van der Waals surface area contributed by atoms with Crippen molar-refractivity contribution in [2.75, 3.05) is 20.3 Å². The van der Waals surface area contributed by atoms with Crippen molar-refractivity contribution in [3.8, 4) is 11.5 Å². The number of hydrogen-bond acceptors (Lipinski definition) is 5. The van der Waals surface area contributed by atoms with Crippen molar-refractivity contribution < 1.29 is 14.3 Å². The van der Waals surface area contributed by atoms with Crippen LogP contribution < -0.4 is 9.47 Å². The molecule has 0 radical (unpaired) electrons. The smallest absolute Gasteiger partial charge is 0.246 e. The molecule has 0 spiro atoms. The first kappa shape index (κ1) is 15.6. The molecule has 1 aliphatic heterocycles. The number of fused-ring (bicyclic) bond motifs is 1. The van der Waals surface area contributed by atoms with Crippen LogP contribution >= 0.6 is 11.3 Å². The molecule has 2 aromatic rings. The van der Waals surface area contributed by atoms with Crippen LogP contribution in [0.2, 0.25) is 0 Å². The summed E-state index contributed by atoms with van der Waals surface area (Å²) < 4.78 is 11.1. The van der Waals surface area contributed by atoms with Crippen LogP contribution in [-0.2, 0) is 11.3 Å². The highest BCUT2D eigenvalue weighted by Crippen LogP contribution is 2.31. The van der Waals surface area contributed by atoms with E-state index in [2.05, 4.69) is 4.98 Å². The molecule has 0 fully saturated rings. The van der Waals surface area contributed by atoms with Gasteiger partial charge in [0.25, 0.3) is 0 Å². The Labute approximate surface area is 139 Å². The fourth-order valence-corrected chi connectivity index (χ4v) is 2.86. The maximum atomic E-state index is 12.2. The van der Waals surface area contributed by atoms with Gasteiger partial charge in [-0.1, -0.05) is 6.07 Å². The summed E-state index contributed by atoms with van der Waals surface area (Å²) in [6.07, 6.45) is 3.29. The first-order chi connectivity index (χ1) is 11.1. The molecule has 0 saturated carbocycles. The molecule has 23 heavy (non-hydrogen) atoms. The number of rotatable bonds is 4. The van der Waals surface area contributed by atoms with Gasteiger partial charge in [-0.25, -0.2) is 4.98 Å². The predicted molar refractivity (Wildman–Crippen MR) is 89.8 cm³/mol. The van der Waals surface area contributed by atoms with Crippen molar-refractivity contribution >= 4 is 23.3 Å². The second-order valence-electron chi connectivity index (χ2n) is 5.30. The zero-order chi connectivity index (χ0) is 16.2. The van der Waals surface area contributed by atoms with Crippen LogP contribution in [0.4, 0.5) is 0 Å². The van der Waals surface area contributed by atoms with Gasteiger partial charge >= 0.3 is 0 Å². The van der Waals surface area contributed by atoms with E-state index in [9.17, 15) is 4.79 Å². The highest BCUT2D eigenvalue weighted by molar-refractivity contribution is 7.09. The fourth-order valence-electron chi connectivity index (χ4n) is 2.28. The van der Waals surface area contributed by atoms with Crippen LogP contribution in [0.15, 0.2) is 29.7 Å². The Bertz CT molecular complexity index is 739. The van der Waals surface area contributed by atoms with Gasteiger partial charge < -0.3 is 14.4 Å². The Morgan fingerprint density at radius 2 is 2.13 bits per heavy atom. The third-order valence-corrected chi connectivity index (χ3v) is 4.23. The Hall–Kier alpha value is -2.34. The standard InChI is InChI=1S/C17H18N2O3S/c1-12-18-14(11-23-12)4-6-17(20)19(2)10-13-3-5-15-16(9-13)22-8-7-21-15/h3-6,9,11H,7-8,10H2,1-2H3/b6-4+. The first-order valence-electron chi connectivity index (χ1n) is 7.35. The van der Waals surface area contributed by atoms with Gasteiger partial charge in [0.15, 0.2) is 11.5 Å². The maximum Gasteiger partial charge on any atom is 0.246 e. The zero-order valence-corrected chi connectivity index (χ0v) is 13.9. The Kier molecular flexibility index (Phi) is 4.62. The van der Waals surface area contributed by atoms with Crippen LogP contribution in [0.3, 0.4) is 0 Å². The van der Waals surface area contributed by atoms with Crippen molar-refractivity contribution in [3.05, 3.63) is 45.9 Å². The van der Waals surface area contributed by atoms with Gasteiger partial charge in [0, 0.05) is 25.0 Å². The number of hydrogen-bond donors (Lipinski definition) is 0. The number of nitrogens with zero attached hydrogens (tertiary/aromatic N) is 2. The highest BCUT2D eigenvalue weighted by atomic mass is 32.1. The van der Waals surface area contributed by atoms with Crippen molar-refractivity contribution in [3.63, 3.8) is 0 Å². The second kappa shape index (κ2) is 6.83. The third-order valence-electron chi connectivity index (χ3n) is 3.44. The van der Waals surface area contributed by atoms with E-state index in [0.717, 1.165) is 27.8 Å². The molecule has 1 amide bonds. The van der Waals surface area contributed by atoms with Crippen molar-refractivity contribution in [2.45, 2.75) is 13.5 Å². The molecule has 1 aromatic heterocycles. The Balaban J connectivity index is 1.63. The third kappa shape index (κ3) is 3.90. The van der Waals surface area contributed by atoms with Crippen LogP contribution in [0.1, 0.15) is 16.3 Å². The number of likely N-dealkylation sites (N-methyl/N-ethyl adjacent to an activating group) is 1. The molecule has 120 valence electrons. The minimum Gasteiger partial charge on any atom is -0.486 e. The minimum absolute atomic E-state index is 0.0643. The van der Waals surface area contributed by atoms with Crippen LogP contribution in [0, 0.1) is 6.92 Å². The first-order valence-corrected chi connectivity index (χ1v) is 8.23. The van der Waals surface area contributed by atoms with Crippen LogP contribution in [0.5, 0.6) is 11.5 Å². The lowest BCUT2D eigenvalue weighted by Crippen LogP contribution is -2.24. The van der Waals surface area contributed by atoms with Gasteiger partial charge in [0.05, 0.1) is 10.7 Å². The summed E-state index contributed by atoms with van der Waals surface area (Å²) in [7, 11) is 1.77. The van der Waals surface area contributed by atoms with E-state index in [1.807, 2.05) is 30.5 Å². The number of thiazole rings is 1. The number of ether oxygens (including phenoxy) is 2. The Morgan fingerprint density at radius 1 is 1.35 bits per heavy atom. The minimum atomic E-state index is -0.0643. The molecule has 0 saturated heterocycles. The SMILES string of the molecule is Cc1nc(/C=C/C(=O)N(C)Cc2ccc3c(c2)OCCO3)cs1. The summed E-state index contributed by atoms with van der Waals surface area (Å²) in [4.78, 5) is 18.1. The van der Waals surface area contributed by atoms with E-state index in [1.165, 1.54) is 0 Å². The average Bonchev–Trinajstić information content (AvgIpc) is 2.98. The van der Waals surface area contributed by atoms with Gasteiger partial charge in [-0.15, -0.1) is 11.3 Å². The molecule has 0 unspecified atom stereocenters. The Morgan fingerprint density at radius 3 is 2.87 bits per heavy atom. The van der Waals surface area contributed by atoms with E-state index >= 15 is 0 Å². The van der Waals surface area contributed by atoms with E-state index in [4.69, 9.17) is 9.47 Å². The van der Waals surface area contributed by atoms with Gasteiger partial charge in [-0.2, -0.15) is 0 Å². The molecule has 0 aliphatic carbocycles. The van der Waals surface area contributed by atoms with Crippen LogP contribution in [-0.4, -0.2) is 36.1 Å². The average molecular weight is 330 g/mol. The van der Waals surface area contributed by atoms with E-state index in [1.54, 1.807) is 35.4 Å². The molecule has 6 heteroatoms. The number of aryl methyl sites for hydroxylation is 1. The van der Waals surface area contributed by atoms with Crippen LogP contribution in [0.25, 0.3) is 6.08 Å². The number of aromatic nitrogens is 1. The number of amides is 1. The van der Waals surface area contributed by atoms with Crippen molar-refractivity contribution in [1.82, 2.24) is 9.88 Å². The molecule has 0 N–H and O–H groups in total. The predicted octanol–water partition coefficient (Wildman–Crippen LogP) is 2.89. The van der Waals surface area contributed by atoms with Gasteiger partial charge in [-0.05, 0) is 30.7 Å². The van der Waals surface area contributed by atoms with Gasteiger partial charge in [0.2, 0.25) is 5.91 Å². The normalized spacial score (nSPS) is 13.3. The summed E-state index contributed by atoms with van der Waals surface area (Å²) in [5.74, 6) is 1.43. The summed E-state index contributed by atoms with van der Waals surface area (Å²) in [6.45, 7) is 3.58. The molecular formula is C17H18N2O3S. The zero-order valence-electron chi connectivity index (χ0n) is 13.1. The quantitative estimate of drug-likeness (QED) is 0.809. The van der Waals surface area contributed by atoms with Gasteiger partial charge in [-0.3, -0.25) is 4.79 Å². The summed E-state index contributed by atoms with van der Waals surface area (Å²) in [5, 5.41) is 2.92. The van der Waals surface area contributed by atoms with E-state index < -0.39 is 0 Å². The highest BCUT2D eigenvalue weighted by Gasteiger charge is 2.13. The van der Waals surface area contributed by atoms with Gasteiger partial charge in [0.1, 0.15) is 13.2 Å². The summed E-state index contributed by atoms with van der Waals surface area (Å²) >= 11 is 1.57. The topological polar surface area (TPSA) is 51.7 Å². The molecule has 0 bridgehead atoms. The number of carbonyl (C=O) groups excluding carboxylic acids is 1. The monoisotopic (exact) mass is 330 g/mol. The lowest BCUT2D eigenvalue weighted by Gasteiger charge is -2.20. The summed E-state index contributed by atoms with van der Waals surface area (Å²) in [6, 6.07) is 5.76. The molecule has 5 nitrogen and oxygen atoms in total. The molecule has 0 atom stereocenters. The number of carbonyl (C=O) groups is 1. The summed E-state index contributed by atoms with van der Waals surface area (Å²) in [5.41, 5.74) is 1.82.